The van der Waals surface area contributed by atoms with Gasteiger partial charge < -0.3 is 19.4 Å². The van der Waals surface area contributed by atoms with Crippen LogP contribution in [0.4, 0.5) is 0 Å². The molecule has 4 nitrogen and oxygen atoms in total. The number of halogens is 1. The van der Waals surface area contributed by atoms with E-state index in [1.54, 1.807) is 13.4 Å². The number of hydrogen-bond acceptors (Lipinski definition) is 4. The molecule has 0 aliphatic carbocycles. The normalized spacial score (nSPS) is 10.5. The van der Waals surface area contributed by atoms with Crippen LogP contribution in [-0.2, 0) is 11.3 Å². The van der Waals surface area contributed by atoms with E-state index >= 15 is 0 Å². The van der Waals surface area contributed by atoms with Crippen LogP contribution < -0.4 is 5.32 Å². The number of nitrogens with zero attached hydrogens (tertiary/aromatic N) is 1. The van der Waals surface area contributed by atoms with Crippen LogP contribution in [0.2, 0.25) is 0 Å². The number of nitrogens with one attached hydrogen (secondary N) is 1. The first kappa shape index (κ1) is 16.4. The van der Waals surface area contributed by atoms with E-state index in [1.165, 1.54) is 0 Å². The van der Waals surface area contributed by atoms with Crippen molar-refractivity contribution in [3.8, 4) is 0 Å². The van der Waals surface area contributed by atoms with Gasteiger partial charge in [0, 0.05) is 13.7 Å². The van der Waals surface area contributed by atoms with Crippen LogP contribution in [0.1, 0.15) is 12.2 Å². The van der Waals surface area contributed by atoms with Crippen LogP contribution in [-0.4, -0.2) is 45.3 Å². The number of rotatable bonds is 9. The minimum atomic E-state index is 0. The highest BCUT2D eigenvalue weighted by Gasteiger charge is 1.98. The third-order valence-electron chi connectivity index (χ3n) is 2.45. The molecule has 0 unspecified atom stereocenters. The molecule has 0 aromatic carbocycles. The van der Waals surface area contributed by atoms with Gasteiger partial charge in [-0.15, -0.1) is 12.4 Å². The second-order valence-corrected chi connectivity index (χ2v) is 3.91. The average molecular weight is 263 g/mol. The molecule has 0 bridgehead atoms. The summed E-state index contributed by atoms with van der Waals surface area (Å²) in [5.41, 5.74) is 0. The van der Waals surface area contributed by atoms with E-state index in [0.717, 1.165) is 45.0 Å². The van der Waals surface area contributed by atoms with Crippen molar-refractivity contribution in [1.29, 1.82) is 0 Å². The topological polar surface area (TPSA) is 37.6 Å². The highest BCUT2D eigenvalue weighted by molar-refractivity contribution is 5.85. The predicted molar refractivity (Wildman–Crippen MR) is 71.7 cm³/mol. The highest BCUT2D eigenvalue weighted by Crippen LogP contribution is 1.98. The van der Waals surface area contributed by atoms with Crippen molar-refractivity contribution in [2.75, 3.05) is 40.4 Å². The molecule has 0 aliphatic rings. The van der Waals surface area contributed by atoms with Crippen LogP contribution in [0.15, 0.2) is 22.8 Å². The Kier molecular flexibility index (Phi) is 10.3. The molecule has 1 aromatic rings. The first-order valence-corrected chi connectivity index (χ1v) is 5.73. The van der Waals surface area contributed by atoms with Crippen molar-refractivity contribution in [3.05, 3.63) is 24.2 Å². The standard InChI is InChI=1S/C12H22N2O2.ClH/c1-14(8-10-15-2)7-4-6-13-11-12-5-3-9-16-12;/h3,5,9,13H,4,6-8,10-11H2,1-2H3;1H. The third-order valence-corrected chi connectivity index (χ3v) is 2.45. The van der Waals surface area contributed by atoms with Gasteiger partial charge in [-0.1, -0.05) is 0 Å². The quantitative estimate of drug-likeness (QED) is 0.689. The molecule has 0 fully saturated rings. The molecule has 1 rings (SSSR count). The van der Waals surface area contributed by atoms with Gasteiger partial charge in [0.05, 0.1) is 19.4 Å². The van der Waals surface area contributed by atoms with Gasteiger partial charge in [0.25, 0.3) is 0 Å². The Balaban J connectivity index is 0.00000256. The lowest BCUT2D eigenvalue weighted by molar-refractivity contribution is 0.160. The van der Waals surface area contributed by atoms with Gasteiger partial charge in [0.15, 0.2) is 0 Å². The maximum atomic E-state index is 5.22. The Morgan fingerprint density at radius 2 is 2.24 bits per heavy atom. The fraction of sp³-hybridized carbons (Fsp3) is 0.667. The molecule has 100 valence electrons. The first-order chi connectivity index (χ1) is 7.83. The number of ether oxygens (including phenoxy) is 1. The van der Waals surface area contributed by atoms with Gasteiger partial charge in [0.1, 0.15) is 5.76 Å². The lowest BCUT2D eigenvalue weighted by atomic mass is 10.3. The molecule has 0 saturated heterocycles. The first-order valence-electron chi connectivity index (χ1n) is 5.73. The van der Waals surface area contributed by atoms with E-state index in [-0.39, 0.29) is 12.4 Å². The maximum absolute atomic E-state index is 5.22. The zero-order valence-corrected chi connectivity index (χ0v) is 11.5. The van der Waals surface area contributed by atoms with Gasteiger partial charge in [-0.3, -0.25) is 0 Å². The van der Waals surface area contributed by atoms with Crippen molar-refractivity contribution >= 4 is 12.4 Å². The van der Waals surface area contributed by atoms with Crippen molar-refractivity contribution in [1.82, 2.24) is 10.2 Å². The fourth-order valence-electron chi connectivity index (χ4n) is 1.46. The molecule has 0 radical (unpaired) electrons. The van der Waals surface area contributed by atoms with Crippen molar-refractivity contribution in [2.24, 2.45) is 0 Å². The largest absolute Gasteiger partial charge is 0.468 e. The lowest BCUT2D eigenvalue weighted by Crippen LogP contribution is -2.26. The van der Waals surface area contributed by atoms with Crippen molar-refractivity contribution in [2.45, 2.75) is 13.0 Å². The second kappa shape index (κ2) is 10.6. The molecule has 0 amide bonds. The van der Waals surface area contributed by atoms with E-state index in [9.17, 15) is 0 Å². The van der Waals surface area contributed by atoms with Gasteiger partial charge >= 0.3 is 0 Å². The van der Waals surface area contributed by atoms with Gasteiger partial charge in [-0.2, -0.15) is 0 Å². The zero-order chi connectivity index (χ0) is 11.6. The van der Waals surface area contributed by atoms with Gasteiger partial charge in [-0.25, -0.2) is 0 Å². The van der Waals surface area contributed by atoms with Crippen LogP contribution >= 0.6 is 12.4 Å². The summed E-state index contributed by atoms with van der Waals surface area (Å²) in [5, 5.41) is 3.35. The molecule has 0 saturated carbocycles. The summed E-state index contributed by atoms with van der Waals surface area (Å²) in [6, 6.07) is 3.90. The summed E-state index contributed by atoms with van der Waals surface area (Å²) in [4.78, 5) is 2.28. The highest BCUT2D eigenvalue weighted by atomic mass is 35.5. The number of likely N-dealkylation sites (N-methyl/N-ethyl adjacent to an activating group) is 1. The zero-order valence-electron chi connectivity index (χ0n) is 10.6. The van der Waals surface area contributed by atoms with Crippen LogP contribution in [0.5, 0.6) is 0 Å². The predicted octanol–water partition coefficient (Wildman–Crippen LogP) is 1.76. The third kappa shape index (κ3) is 8.21. The SMILES string of the molecule is COCCN(C)CCCNCc1ccco1.Cl. The minimum Gasteiger partial charge on any atom is -0.468 e. The fourth-order valence-corrected chi connectivity index (χ4v) is 1.46. The summed E-state index contributed by atoms with van der Waals surface area (Å²) in [5.74, 6) is 0.993. The maximum Gasteiger partial charge on any atom is 0.117 e. The van der Waals surface area contributed by atoms with Crippen molar-refractivity contribution in [3.63, 3.8) is 0 Å². The molecule has 5 heteroatoms. The molecule has 1 aromatic heterocycles. The molecule has 0 aliphatic heterocycles. The van der Waals surface area contributed by atoms with E-state index in [4.69, 9.17) is 9.15 Å². The van der Waals surface area contributed by atoms with E-state index < -0.39 is 0 Å². The summed E-state index contributed by atoms with van der Waals surface area (Å²) in [7, 11) is 3.85. The summed E-state index contributed by atoms with van der Waals surface area (Å²) < 4.78 is 10.2. The summed E-state index contributed by atoms with van der Waals surface area (Å²) in [6.07, 6.45) is 2.84. The Hall–Kier alpha value is -0.550. The van der Waals surface area contributed by atoms with Crippen LogP contribution in [0.3, 0.4) is 0 Å². The number of methoxy groups -OCH3 is 1. The Morgan fingerprint density at radius 3 is 2.88 bits per heavy atom. The Labute approximate surface area is 110 Å². The summed E-state index contributed by atoms with van der Waals surface area (Å²) >= 11 is 0. The van der Waals surface area contributed by atoms with Crippen molar-refractivity contribution < 1.29 is 9.15 Å². The van der Waals surface area contributed by atoms with Crippen LogP contribution in [0.25, 0.3) is 0 Å². The van der Waals surface area contributed by atoms with E-state index in [0.29, 0.717) is 0 Å². The van der Waals surface area contributed by atoms with Gasteiger partial charge in [0.2, 0.25) is 0 Å². The second-order valence-electron chi connectivity index (χ2n) is 3.91. The molecule has 1 heterocycles. The molecular formula is C12H23ClN2O2. The molecule has 0 atom stereocenters. The minimum absolute atomic E-state index is 0. The summed E-state index contributed by atoms with van der Waals surface area (Å²) in [6.45, 7) is 4.71. The number of furan rings is 1. The Bertz CT molecular complexity index is 255. The van der Waals surface area contributed by atoms with Crippen LogP contribution in [0, 0.1) is 0 Å². The smallest absolute Gasteiger partial charge is 0.117 e. The van der Waals surface area contributed by atoms with E-state index in [1.807, 2.05) is 12.1 Å². The monoisotopic (exact) mass is 262 g/mol. The van der Waals surface area contributed by atoms with E-state index in [2.05, 4.69) is 17.3 Å². The Morgan fingerprint density at radius 1 is 1.41 bits per heavy atom. The molecule has 0 spiro atoms. The lowest BCUT2D eigenvalue weighted by Gasteiger charge is -2.15. The molecular weight excluding hydrogens is 240 g/mol. The molecule has 17 heavy (non-hydrogen) atoms. The van der Waals surface area contributed by atoms with Gasteiger partial charge in [-0.05, 0) is 38.7 Å². The number of hydrogen-bond donors (Lipinski definition) is 1. The molecule has 1 N–H and O–H groups in total. The average Bonchev–Trinajstić information content (AvgIpc) is 2.79.